The van der Waals surface area contributed by atoms with Crippen molar-refractivity contribution in [3.05, 3.63) is 280 Å². The Labute approximate surface area is 408 Å². The van der Waals surface area contributed by atoms with E-state index in [-0.39, 0.29) is 48.3 Å². The predicted octanol–water partition coefficient (Wildman–Crippen LogP) is 10.0. The monoisotopic (exact) mass is 980 g/mol. The molecule has 0 heterocycles. The van der Waals surface area contributed by atoms with Gasteiger partial charge in [0, 0.05) is 0 Å². The molecule has 66 heavy (non-hydrogen) atoms. The largest absolute Gasteiger partial charge is 1.00 e. The molecule has 0 aliphatic heterocycles. The zero-order chi connectivity index (χ0) is 43.6. The minimum atomic E-state index is -3.37. The maximum Gasteiger partial charge on any atom is -1.00 e. The third-order valence-electron chi connectivity index (χ3n) is 13.4. The number of hydrogen-bond donors (Lipinski definition) is 0. The molecule has 326 valence electrons. The van der Waals surface area contributed by atoms with E-state index >= 15 is 8.78 Å². The molecule has 4 aliphatic carbocycles. The normalized spacial score (nSPS) is 17.1. The van der Waals surface area contributed by atoms with Crippen LogP contribution in [0.5, 0.6) is 0 Å². The third-order valence-corrected chi connectivity index (χ3v) is 21.4. The number of rotatable bonds is 10. The topological polar surface area (TPSA) is 0 Å². The van der Waals surface area contributed by atoms with Gasteiger partial charge in [0.05, 0.1) is 0 Å². The van der Waals surface area contributed by atoms with Crippen LogP contribution < -0.4 is 24.8 Å². The molecule has 0 saturated carbocycles. The Balaban J connectivity index is 0.00000296. The Morgan fingerprint density at radius 1 is 0.500 bits per heavy atom. The third kappa shape index (κ3) is 8.99. The SMILES string of the molecule is CCC1=[C]([Zr+2]([C]2=C(CC)C=C3C2=CC=CCC3c2ccc(-c3ccccc3)c(F)c2)=[C](c2ccccc2)c2ccccc2)C2=CC=CCC(c3ccc(-c4ccccc4)c(F)c3)C2=C1.[Cl-].[Cl-]. The second-order valence-electron chi connectivity index (χ2n) is 17.0. The number of fused-ring (bicyclic) bond motifs is 2. The van der Waals surface area contributed by atoms with E-state index in [1.54, 1.807) is 12.1 Å². The fourth-order valence-electron chi connectivity index (χ4n) is 10.3. The van der Waals surface area contributed by atoms with Crippen LogP contribution in [0.4, 0.5) is 8.78 Å². The standard InChI is InChI=1S/2C24H20F.C13H10.2ClH.Zr/c2*1-2-17-14-19-10-6-7-11-21(23(19)15-17)20-12-13-22(24(25)16-20)18-8-4-3-5-9-18;1-3-7-12(8-4-1)11-13-9-5-2-6-10-13;;;/h2*3-10,12-13,15-16,21H,2,11H2,1H3;1-10H;2*1H;/q;;;;;+2/p-2. The van der Waals surface area contributed by atoms with Crippen LogP contribution in [0.3, 0.4) is 0 Å². The van der Waals surface area contributed by atoms with Gasteiger partial charge in [0.25, 0.3) is 0 Å². The summed E-state index contributed by atoms with van der Waals surface area (Å²) in [4.78, 5) is 0. The summed E-state index contributed by atoms with van der Waals surface area (Å²) in [6, 6.07) is 53.6. The summed E-state index contributed by atoms with van der Waals surface area (Å²) in [6.45, 7) is 4.60. The Morgan fingerprint density at radius 3 is 1.24 bits per heavy atom. The molecule has 0 fully saturated rings. The van der Waals surface area contributed by atoms with E-state index in [9.17, 15) is 0 Å². The van der Waals surface area contributed by atoms with E-state index < -0.39 is 21.3 Å². The van der Waals surface area contributed by atoms with Crippen molar-refractivity contribution in [2.75, 3.05) is 0 Å². The van der Waals surface area contributed by atoms with Gasteiger partial charge in [-0.25, -0.2) is 0 Å². The fraction of sp³-hybridized carbons (Fsp3) is 0.131. The van der Waals surface area contributed by atoms with Crippen LogP contribution in [-0.4, -0.2) is 3.21 Å². The molecule has 2 unspecified atom stereocenters. The molecule has 2 atom stereocenters. The van der Waals surface area contributed by atoms with E-state index in [1.807, 2.05) is 72.8 Å². The van der Waals surface area contributed by atoms with Gasteiger partial charge >= 0.3 is 387 Å². The molecule has 0 bridgehead atoms. The first-order valence-electron chi connectivity index (χ1n) is 22.7. The van der Waals surface area contributed by atoms with Crippen LogP contribution in [0.2, 0.25) is 0 Å². The van der Waals surface area contributed by atoms with Crippen LogP contribution in [0.1, 0.15) is 73.6 Å². The molecule has 0 nitrogen and oxygen atoms in total. The summed E-state index contributed by atoms with van der Waals surface area (Å²) < 4.78 is 36.9. The Hall–Kier alpha value is -5.57. The quantitative estimate of drug-likeness (QED) is 0.128. The van der Waals surface area contributed by atoms with E-state index in [4.69, 9.17) is 0 Å². The van der Waals surface area contributed by atoms with Gasteiger partial charge < -0.3 is 24.8 Å². The zero-order valence-electron chi connectivity index (χ0n) is 37.1. The van der Waals surface area contributed by atoms with E-state index in [2.05, 4.69) is 135 Å². The predicted molar refractivity (Wildman–Crippen MR) is 260 cm³/mol. The van der Waals surface area contributed by atoms with Gasteiger partial charge in [-0.15, -0.1) is 0 Å². The van der Waals surface area contributed by atoms with E-state index in [0.717, 1.165) is 47.9 Å². The molecule has 0 radical (unpaired) electrons. The Kier molecular flexibility index (Phi) is 14.9. The molecule has 4 aliphatic rings. The van der Waals surface area contributed by atoms with Gasteiger partial charge in [0.1, 0.15) is 0 Å². The van der Waals surface area contributed by atoms with Crippen molar-refractivity contribution in [1.29, 1.82) is 0 Å². The zero-order valence-corrected chi connectivity index (χ0v) is 41.1. The van der Waals surface area contributed by atoms with Crippen molar-refractivity contribution >= 4 is 3.21 Å². The van der Waals surface area contributed by atoms with Crippen molar-refractivity contribution in [3.63, 3.8) is 0 Å². The molecule has 6 aromatic rings. The number of halogens is 4. The van der Waals surface area contributed by atoms with Gasteiger partial charge in [-0.05, 0) is 0 Å². The van der Waals surface area contributed by atoms with Crippen LogP contribution >= 0.6 is 0 Å². The summed E-state index contributed by atoms with van der Waals surface area (Å²) in [7, 11) is 0. The summed E-state index contributed by atoms with van der Waals surface area (Å²) in [5.41, 5.74) is 15.5. The molecule has 5 heteroatoms. The van der Waals surface area contributed by atoms with Crippen molar-refractivity contribution in [2.24, 2.45) is 0 Å². The molecule has 0 N–H and O–H groups in total. The second kappa shape index (κ2) is 20.9. The first-order chi connectivity index (χ1) is 31.5. The smallest absolute Gasteiger partial charge is 1.00 e. The van der Waals surface area contributed by atoms with Crippen molar-refractivity contribution < 1.29 is 54.9 Å². The summed E-state index contributed by atoms with van der Waals surface area (Å²) in [5, 5.41) is 0. The average molecular weight is 983 g/mol. The van der Waals surface area contributed by atoms with Gasteiger partial charge in [0.2, 0.25) is 0 Å². The van der Waals surface area contributed by atoms with Crippen LogP contribution in [0.25, 0.3) is 22.3 Å². The van der Waals surface area contributed by atoms with E-state index in [0.29, 0.717) is 11.1 Å². The number of hydrogen-bond acceptors (Lipinski definition) is 0. The molecule has 0 aromatic heterocycles. The Morgan fingerprint density at radius 2 is 0.879 bits per heavy atom. The molecular weight excluding hydrogens is 933 g/mol. The van der Waals surface area contributed by atoms with Gasteiger partial charge in [-0.1, -0.05) is 0 Å². The van der Waals surface area contributed by atoms with Crippen molar-refractivity contribution in [1.82, 2.24) is 0 Å². The van der Waals surface area contributed by atoms with Crippen molar-refractivity contribution in [3.8, 4) is 22.3 Å². The first kappa shape index (κ1) is 46.9. The summed E-state index contributed by atoms with van der Waals surface area (Å²) >= 11 is -3.37. The summed E-state index contributed by atoms with van der Waals surface area (Å²) in [5.74, 6) is -0.380. The second-order valence-corrected chi connectivity index (χ2v) is 22.5. The average Bonchev–Trinajstić information content (AvgIpc) is 3.71. The molecule has 0 spiro atoms. The molecule has 0 saturated heterocycles. The van der Waals surface area contributed by atoms with Crippen molar-refractivity contribution in [2.45, 2.75) is 51.4 Å². The Bertz CT molecular complexity index is 2850. The molecule has 10 rings (SSSR count). The summed E-state index contributed by atoms with van der Waals surface area (Å²) in [6.07, 6.45) is 22.1. The van der Waals surface area contributed by atoms with Crippen LogP contribution in [0.15, 0.2) is 246 Å². The number of allylic oxidation sites excluding steroid dienone is 16. The number of benzene rings is 6. The van der Waals surface area contributed by atoms with Gasteiger partial charge in [-0.3, -0.25) is 0 Å². The van der Waals surface area contributed by atoms with Gasteiger partial charge in [0.15, 0.2) is 0 Å². The molecule has 0 amide bonds. The van der Waals surface area contributed by atoms with Gasteiger partial charge in [-0.2, -0.15) is 0 Å². The minimum absolute atomic E-state index is 0. The van der Waals surface area contributed by atoms with Crippen LogP contribution in [-0.2, 0) is 21.3 Å². The first-order valence-corrected chi connectivity index (χ1v) is 26.4. The maximum absolute atomic E-state index is 16.2. The molecular formula is C61H50Cl2F2Zr. The van der Waals surface area contributed by atoms with E-state index in [1.165, 1.54) is 54.3 Å². The minimum Gasteiger partial charge on any atom is -1.00 e. The van der Waals surface area contributed by atoms with Crippen LogP contribution in [0, 0.1) is 11.6 Å². The maximum atomic E-state index is 16.2. The fourth-order valence-corrected chi connectivity index (χ4v) is 19.6. The molecule has 6 aromatic carbocycles.